The lowest BCUT2D eigenvalue weighted by Crippen LogP contribution is -2.27. The SMILES string of the molecule is CCOc1ccc(CCN2CC(=O)CC2=O)cc1OC. The van der Waals surface area contributed by atoms with Crippen molar-refractivity contribution in [3.63, 3.8) is 0 Å². The van der Waals surface area contributed by atoms with Crippen molar-refractivity contribution < 1.29 is 19.1 Å². The molecule has 0 atom stereocenters. The standard InChI is InChI=1S/C15H19NO4/c1-3-20-13-5-4-11(8-14(13)19-2)6-7-16-10-12(17)9-15(16)18/h4-5,8H,3,6-7,9-10H2,1-2H3. The van der Waals surface area contributed by atoms with E-state index in [1.54, 1.807) is 12.0 Å². The van der Waals surface area contributed by atoms with E-state index in [1.165, 1.54) is 0 Å². The normalized spacial score (nSPS) is 14.8. The molecule has 1 aromatic carbocycles. The van der Waals surface area contributed by atoms with Crippen LogP contribution in [-0.4, -0.2) is 43.4 Å². The molecule has 1 aliphatic heterocycles. The molecule has 0 saturated carbocycles. The predicted octanol–water partition coefficient (Wildman–Crippen LogP) is 1.44. The molecular weight excluding hydrogens is 258 g/mol. The second-order valence-electron chi connectivity index (χ2n) is 4.70. The first kappa shape index (κ1) is 14.4. The molecular formula is C15H19NO4. The number of likely N-dealkylation sites (tertiary alicyclic amines) is 1. The number of hydrogen-bond donors (Lipinski definition) is 0. The molecule has 1 fully saturated rings. The van der Waals surface area contributed by atoms with E-state index in [0.717, 1.165) is 5.56 Å². The zero-order valence-electron chi connectivity index (χ0n) is 11.8. The van der Waals surface area contributed by atoms with Crippen molar-refractivity contribution in [3.8, 4) is 11.5 Å². The van der Waals surface area contributed by atoms with Crippen LogP contribution in [-0.2, 0) is 16.0 Å². The van der Waals surface area contributed by atoms with Crippen molar-refractivity contribution in [1.29, 1.82) is 0 Å². The number of ketones is 1. The number of nitrogens with zero attached hydrogens (tertiary/aromatic N) is 1. The number of ether oxygens (including phenoxy) is 2. The Morgan fingerprint density at radius 2 is 2.05 bits per heavy atom. The van der Waals surface area contributed by atoms with Crippen LogP contribution in [0.4, 0.5) is 0 Å². The fraction of sp³-hybridized carbons (Fsp3) is 0.467. The van der Waals surface area contributed by atoms with E-state index in [-0.39, 0.29) is 24.7 Å². The average Bonchev–Trinajstić information content (AvgIpc) is 2.76. The van der Waals surface area contributed by atoms with Crippen LogP contribution < -0.4 is 9.47 Å². The van der Waals surface area contributed by atoms with Gasteiger partial charge in [-0.2, -0.15) is 0 Å². The predicted molar refractivity (Wildman–Crippen MR) is 74.1 cm³/mol. The topological polar surface area (TPSA) is 55.8 Å². The van der Waals surface area contributed by atoms with E-state index in [1.807, 2.05) is 25.1 Å². The van der Waals surface area contributed by atoms with Crippen molar-refractivity contribution >= 4 is 11.7 Å². The van der Waals surface area contributed by atoms with E-state index in [9.17, 15) is 9.59 Å². The van der Waals surface area contributed by atoms with Crippen LogP contribution in [0.15, 0.2) is 18.2 Å². The van der Waals surface area contributed by atoms with Gasteiger partial charge in [-0.25, -0.2) is 0 Å². The molecule has 108 valence electrons. The van der Waals surface area contributed by atoms with Crippen LogP contribution in [0, 0.1) is 0 Å². The molecule has 5 nitrogen and oxygen atoms in total. The van der Waals surface area contributed by atoms with Gasteiger partial charge in [0.2, 0.25) is 5.91 Å². The van der Waals surface area contributed by atoms with Crippen LogP contribution >= 0.6 is 0 Å². The minimum atomic E-state index is -0.0760. The Morgan fingerprint density at radius 1 is 1.25 bits per heavy atom. The van der Waals surface area contributed by atoms with E-state index < -0.39 is 0 Å². The fourth-order valence-electron chi connectivity index (χ4n) is 2.25. The van der Waals surface area contributed by atoms with Crippen molar-refractivity contribution in [2.24, 2.45) is 0 Å². The molecule has 0 unspecified atom stereocenters. The maximum Gasteiger partial charge on any atom is 0.230 e. The number of carbonyl (C=O) groups is 2. The summed E-state index contributed by atoms with van der Waals surface area (Å²) in [5.41, 5.74) is 1.05. The Kier molecular flexibility index (Phi) is 4.61. The van der Waals surface area contributed by atoms with Gasteiger partial charge in [-0.05, 0) is 31.0 Å². The molecule has 0 N–H and O–H groups in total. The summed E-state index contributed by atoms with van der Waals surface area (Å²) in [6, 6.07) is 5.73. The number of benzene rings is 1. The number of carbonyl (C=O) groups excluding carboxylic acids is 2. The molecule has 2 rings (SSSR count). The van der Waals surface area contributed by atoms with Gasteiger partial charge in [0.1, 0.15) is 0 Å². The molecule has 0 aromatic heterocycles. The highest BCUT2D eigenvalue weighted by Gasteiger charge is 2.26. The largest absolute Gasteiger partial charge is 0.493 e. The molecule has 1 aliphatic rings. The van der Waals surface area contributed by atoms with Crippen molar-refractivity contribution in [3.05, 3.63) is 23.8 Å². The first-order valence-electron chi connectivity index (χ1n) is 6.73. The zero-order chi connectivity index (χ0) is 14.5. The van der Waals surface area contributed by atoms with Crippen LogP contribution in [0.5, 0.6) is 11.5 Å². The van der Waals surface area contributed by atoms with Gasteiger partial charge in [-0.3, -0.25) is 9.59 Å². The maximum atomic E-state index is 11.5. The van der Waals surface area contributed by atoms with Gasteiger partial charge in [-0.1, -0.05) is 6.07 Å². The Morgan fingerprint density at radius 3 is 2.65 bits per heavy atom. The summed E-state index contributed by atoms with van der Waals surface area (Å²) in [6.07, 6.45) is 0.744. The average molecular weight is 277 g/mol. The highest BCUT2D eigenvalue weighted by atomic mass is 16.5. The smallest absolute Gasteiger partial charge is 0.230 e. The lowest BCUT2D eigenvalue weighted by Gasteiger charge is -2.15. The van der Waals surface area contributed by atoms with Gasteiger partial charge < -0.3 is 14.4 Å². The monoisotopic (exact) mass is 277 g/mol. The second-order valence-corrected chi connectivity index (χ2v) is 4.70. The molecule has 1 saturated heterocycles. The van der Waals surface area contributed by atoms with Gasteiger partial charge in [-0.15, -0.1) is 0 Å². The van der Waals surface area contributed by atoms with Crippen LogP contribution in [0.25, 0.3) is 0 Å². The molecule has 20 heavy (non-hydrogen) atoms. The summed E-state index contributed by atoms with van der Waals surface area (Å²) in [5, 5.41) is 0. The van der Waals surface area contributed by atoms with Crippen LogP contribution in [0.3, 0.4) is 0 Å². The third-order valence-corrected chi connectivity index (χ3v) is 3.27. The maximum absolute atomic E-state index is 11.5. The van der Waals surface area contributed by atoms with Crippen molar-refractivity contribution in [2.45, 2.75) is 19.8 Å². The molecule has 1 aromatic rings. The van der Waals surface area contributed by atoms with E-state index in [0.29, 0.717) is 31.1 Å². The van der Waals surface area contributed by atoms with Crippen molar-refractivity contribution in [1.82, 2.24) is 4.90 Å². The summed E-state index contributed by atoms with van der Waals surface area (Å²) >= 11 is 0. The number of rotatable bonds is 6. The summed E-state index contributed by atoms with van der Waals surface area (Å²) in [7, 11) is 1.60. The van der Waals surface area contributed by atoms with Gasteiger partial charge in [0, 0.05) is 6.54 Å². The number of hydrogen-bond acceptors (Lipinski definition) is 4. The molecule has 0 bridgehead atoms. The summed E-state index contributed by atoms with van der Waals surface area (Å²) in [5.74, 6) is 1.33. The first-order chi connectivity index (χ1) is 9.63. The Bertz CT molecular complexity index is 513. The fourth-order valence-corrected chi connectivity index (χ4v) is 2.25. The second kappa shape index (κ2) is 6.41. The third kappa shape index (κ3) is 3.29. The highest BCUT2D eigenvalue weighted by Crippen LogP contribution is 2.28. The minimum Gasteiger partial charge on any atom is -0.493 e. The van der Waals surface area contributed by atoms with Gasteiger partial charge in [0.25, 0.3) is 0 Å². The third-order valence-electron chi connectivity index (χ3n) is 3.27. The minimum absolute atomic E-state index is 0.000672. The Labute approximate surface area is 118 Å². The van der Waals surface area contributed by atoms with Gasteiger partial charge in [0.05, 0.1) is 26.7 Å². The molecule has 0 spiro atoms. The number of methoxy groups -OCH3 is 1. The molecule has 5 heteroatoms. The Balaban J connectivity index is 1.99. The quantitative estimate of drug-likeness (QED) is 0.738. The number of amides is 1. The van der Waals surface area contributed by atoms with E-state index in [4.69, 9.17) is 9.47 Å². The van der Waals surface area contributed by atoms with E-state index in [2.05, 4.69) is 0 Å². The summed E-state index contributed by atoms with van der Waals surface area (Å²) < 4.78 is 10.7. The summed E-state index contributed by atoms with van der Waals surface area (Å²) in [6.45, 7) is 3.30. The number of Topliss-reactive ketones (excluding diaryl/α,β-unsaturated/α-hetero) is 1. The molecule has 0 aliphatic carbocycles. The molecule has 0 radical (unpaired) electrons. The first-order valence-corrected chi connectivity index (χ1v) is 6.73. The van der Waals surface area contributed by atoms with E-state index >= 15 is 0 Å². The summed E-state index contributed by atoms with van der Waals surface area (Å²) in [4.78, 5) is 24.3. The van der Waals surface area contributed by atoms with Gasteiger partial charge >= 0.3 is 0 Å². The van der Waals surface area contributed by atoms with Crippen LogP contribution in [0.1, 0.15) is 18.9 Å². The van der Waals surface area contributed by atoms with Crippen molar-refractivity contribution in [2.75, 3.05) is 26.8 Å². The lowest BCUT2D eigenvalue weighted by molar-refractivity contribution is -0.127. The van der Waals surface area contributed by atoms with Crippen LogP contribution in [0.2, 0.25) is 0 Å². The zero-order valence-corrected chi connectivity index (χ0v) is 11.8. The Hall–Kier alpha value is -2.04. The molecule has 1 amide bonds. The molecule has 1 heterocycles. The van der Waals surface area contributed by atoms with Gasteiger partial charge in [0.15, 0.2) is 17.3 Å². The lowest BCUT2D eigenvalue weighted by atomic mass is 10.1. The highest BCUT2D eigenvalue weighted by molar-refractivity contribution is 6.05.